The van der Waals surface area contributed by atoms with E-state index >= 15 is 0 Å². The van der Waals surface area contributed by atoms with Gasteiger partial charge >= 0.3 is 0 Å². The van der Waals surface area contributed by atoms with E-state index in [1.54, 1.807) is 0 Å². The van der Waals surface area contributed by atoms with Crippen LogP contribution in [0.2, 0.25) is 0 Å². The minimum atomic E-state index is -0.000324. The minimum absolute atomic E-state index is 0.000324. The molecule has 2 heteroatoms. The molecule has 4 aliphatic rings. The smallest absolute Gasteiger partial charge is 0.0589 e. The van der Waals surface area contributed by atoms with Crippen LogP contribution in [-0.2, 0) is 0 Å². The van der Waals surface area contributed by atoms with E-state index in [1.165, 1.54) is 51.6 Å². The van der Waals surface area contributed by atoms with E-state index in [-0.39, 0.29) is 6.10 Å². The Labute approximate surface area is 111 Å². The summed E-state index contributed by atoms with van der Waals surface area (Å²) < 4.78 is 0. The van der Waals surface area contributed by atoms with Gasteiger partial charge in [-0.1, -0.05) is 6.92 Å². The lowest BCUT2D eigenvalue weighted by atomic mass is 9.48. The number of aliphatic hydroxyl groups excluding tert-OH is 1. The van der Waals surface area contributed by atoms with Crippen molar-refractivity contribution in [3.8, 4) is 0 Å². The molecule has 0 aromatic rings. The van der Waals surface area contributed by atoms with Crippen LogP contribution in [0, 0.1) is 23.7 Å². The van der Waals surface area contributed by atoms with Crippen molar-refractivity contribution in [3.63, 3.8) is 0 Å². The van der Waals surface area contributed by atoms with Crippen molar-refractivity contribution in [3.05, 3.63) is 0 Å². The fourth-order valence-corrected chi connectivity index (χ4v) is 6.43. The fraction of sp³-hybridized carbons (Fsp3) is 1.00. The zero-order valence-electron chi connectivity index (χ0n) is 11.6. The van der Waals surface area contributed by atoms with Crippen LogP contribution in [0.25, 0.3) is 0 Å². The molecule has 0 amide bonds. The molecular formula is C16H27NO. The molecule has 0 aromatic heterocycles. The monoisotopic (exact) mass is 249 g/mol. The molecule has 2 bridgehead atoms. The quantitative estimate of drug-likeness (QED) is 0.713. The number of hydrogen-bond donors (Lipinski definition) is 1. The molecule has 18 heavy (non-hydrogen) atoms. The van der Waals surface area contributed by atoms with Gasteiger partial charge < -0.3 is 5.11 Å². The van der Waals surface area contributed by atoms with Gasteiger partial charge in [0.2, 0.25) is 0 Å². The Morgan fingerprint density at radius 1 is 1.06 bits per heavy atom. The molecule has 2 aliphatic heterocycles. The Balaban J connectivity index is 1.80. The van der Waals surface area contributed by atoms with E-state index in [9.17, 15) is 5.11 Å². The molecule has 6 atom stereocenters. The van der Waals surface area contributed by atoms with Crippen LogP contribution in [0.1, 0.15) is 51.9 Å². The highest BCUT2D eigenvalue weighted by molar-refractivity contribution is 5.15. The fourth-order valence-electron chi connectivity index (χ4n) is 6.43. The summed E-state index contributed by atoms with van der Waals surface area (Å²) >= 11 is 0. The topological polar surface area (TPSA) is 23.5 Å². The minimum Gasteiger partial charge on any atom is -0.393 e. The summed E-state index contributed by atoms with van der Waals surface area (Å²) in [6, 6.07) is 0. The average Bonchev–Trinajstić information content (AvgIpc) is 2.33. The molecule has 0 aromatic carbocycles. The van der Waals surface area contributed by atoms with E-state index in [4.69, 9.17) is 0 Å². The summed E-state index contributed by atoms with van der Waals surface area (Å²) in [6.45, 7) is 5.06. The van der Waals surface area contributed by atoms with Crippen LogP contribution in [0.4, 0.5) is 0 Å². The van der Waals surface area contributed by atoms with E-state index in [0.29, 0.717) is 11.5 Å². The summed E-state index contributed by atoms with van der Waals surface area (Å²) in [5.41, 5.74) is 0.413. The third kappa shape index (κ3) is 1.37. The molecular weight excluding hydrogens is 222 g/mol. The molecule has 2 nitrogen and oxygen atoms in total. The lowest BCUT2D eigenvalue weighted by Crippen LogP contribution is -2.72. The van der Waals surface area contributed by atoms with Crippen LogP contribution in [0.3, 0.4) is 0 Å². The lowest BCUT2D eigenvalue weighted by molar-refractivity contribution is -0.194. The third-order valence-electron chi connectivity index (χ3n) is 6.72. The molecule has 1 spiro atoms. The highest BCUT2D eigenvalue weighted by Crippen LogP contribution is 2.60. The normalized spacial score (nSPS) is 56.0. The van der Waals surface area contributed by atoms with Crippen molar-refractivity contribution in [1.82, 2.24) is 4.90 Å². The molecule has 2 saturated carbocycles. The molecule has 2 aliphatic carbocycles. The standard InChI is InChI=1S/C16H27NO/c1-11-8-12-9-15(18)14-5-3-7-17-6-2-4-13(12)16(14,17)10-11/h11-15,18H,2-10H2,1H3/t11-,12+,13-,14-,15+,16-/m1/s1. The van der Waals surface area contributed by atoms with Gasteiger partial charge in [0, 0.05) is 11.5 Å². The zero-order valence-corrected chi connectivity index (χ0v) is 11.6. The Morgan fingerprint density at radius 2 is 1.78 bits per heavy atom. The molecule has 0 radical (unpaired) electrons. The van der Waals surface area contributed by atoms with E-state index < -0.39 is 0 Å². The number of nitrogens with zero attached hydrogens (tertiary/aromatic N) is 1. The second-order valence-corrected chi connectivity index (χ2v) is 7.58. The molecule has 4 fully saturated rings. The summed E-state index contributed by atoms with van der Waals surface area (Å²) in [5, 5.41) is 10.6. The first-order valence-corrected chi connectivity index (χ1v) is 8.15. The molecule has 0 unspecified atom stereocenters. The van der Waals surface area contributed by atoms with Gasteiger partial charge in [0.25, 0.3) is 0 Å². The first-order valence-electron chi connectivity index (χ1n) is 8.15. The molecule has 1 N–H and O–H groups in total. The van der Waals surface area contributed by atoms with Crippen LogP contribution in [-0.4, -0.2) is 34.7 Å². The van der Waals surface area contributed by atoms with Crippen molar-refractivity contribution in [2.75, 3.05) is 13.1 Å². The van der Waals surface area contributed by atoms with E-state index in [2.05, 4.69) is 11.8 Å². The predicted molar refractivity (Wildman–Crippen MR) is 72.3 cm³/mol. The van der Waals surface area contributed by atoms with Gasteiger partial charge in [-0.15, -0.1) is 0 Å². The van der Waals surface area contributed by atoms with Gasteiger partial charge in [-0.3, -0.25) is 4.90 Å². The van der Waals surface area contributed by atoms with Gasteiger partial charge in [-0.25, -0.2) is 0 Å². The van der Waals surface area contributed by atoms with Crippen molar-refractivity contribution in [2.45, 2.75) is 63.5 Å². The number of hydrogen-bond acceptors (Lipinski definition) is 2. The van der Waals surface area contributed by atoms with Gasteiger partial charge in [-0.2, -0.15) is 0 Å². The summed E-state index contributed by atoms with van der Waals surface area (Å²) in [7, 11) is 0. The third-order valence-corrected chi connectivity index (χ3v) is 6.72. The van der Waals surface area contributed by atoms with Crippen LogP contribution in [0.5, 0.6) is 0 Å². The van der Waals surface area contributed by atoms with Gasteiger partial charge in [-0.05, 0) is 75.8 Å². The van der Waals surface area contributed by atoms with Gasteiger partial charge in [0.15, 0.2) is 0 Å². The highest BCUT2D eigenvalue weighted by Gasteiger charge is 2.61. The van der Waals surface area contributed by atoms with Crippen LogP contribution >= 0.6 is 0 Å². The van der Waals surface area contributed by atoms with Crippen LogP contribution in [0.15, 0.2) is 0 Å². The Morgan fingerprint density at radius 3 is 2.56 bits per heavy atom. The Hall–Kier alpha value is -0.0800. The average molecular weight is 249 g/mol. The van der Waals surface area contributed by atoms with Crippen molar-refractivity contribution in [1.29, 1.82) is 0 Å². The second-order valence-electron chi connectivity index (χ2n) is 7.58. The maximum absolute atomic E-state index is 10.6. The molecule has 2 heterocycles. The van der Waals surface area contributed by atoms with E-state index in [1.807, 2.05) is 0 Å². The Bertz CT molecular complexity index is 330. The van der Waals surface area contributed by atoms with Crippen molar-refractivity contribution < 1.29 is 5.11 Å². The van der Waals surface area contributed by atoms with Gasteiger partial charge in [0.05, 0.1) is 6.10 Å². The zero-order chi connectivity index (χ0) is 12.3. The number of rotatable bonds is 0. The number of piperidine rings is 2. The molecule has 4 rings (SSSR count). The van der Waals surface area contributed by atoms with E-state index in [0.717, 1.165) is 24.2 Å². The predicted octanol–water partition coefficient (Wildman–Crippen LogP) is 2.66. The summed E-state index contributed by atoms with van der Waals surface area (Å²) in [6.07, 6.45) is 9.30. The summed E-state index contributed by atoms with van der Waals surface area (Å²) in [4.78, 5) is 2.82. The summed E-state index contributed by atoms with van der Waals surface area (Å²) in [5.74, 6) is 3.20. The number of aliphatic hydroxyl groups is 1. The first-order chi connectivity index (χ1) is 8.72. The molecule has 2 saturated heterocycles. The second kappa shape index (κ2) is 3.96. The molecule has 102 valence electrons. The van der Waals surface area contributed by atoms with Gasteiger partial charge in [0.1, 0.15) is 0 Å². The van der Waals surface area contributed by atoms with Crippen molar-refractivity contribution in [2.24, 2.45) is 23.7 Å². The largest absolute Gasteiger partial charge is 0.393 e. The lowest BCUT2D eigenvalue weighted by Gasteiger charge is -2.67. The maximum Gasteiger partial charge on any atom is 0.0589 e. The van der Waals surface area contributed by atoms with Crippen LogP contribution < -0.4 is 0 Å². The highest BCUT2D eigenvalue weighted by atomic mass is 16.3. The first kappa shape index (κ1) is 11.7. The Kier molecular flexibility index (Phi) is 2.58. The SMILES string of the molecule is C[C@@H]1C[C@H]2C[C@H](O)[C@H]3CCCN4CCC[C@H]2[C@]34C1. The maximum atomic E-state index is 10.6. The van der Waals surface area contributed by atoms with Crippen molar-refractivity contribution >= 4 is 0 Å².